The van der Waals surface area contributed by atoms with Gasteiger partial charge >= 0.3 is 0 Å². The number of methoxy groups -OCH3 is 1. The summed E-state index contributed by atoms with van der Waals surface area (Å²) in [7, 11) is 1.53. The van der Waals surface area contributed by atoms with Crippen LogP contribution < -0.4 is 11.1 Å². The fourth-order valence-electron chi connectivity index (χ4n) is 2.39. The zero-order valence-corrected chi connectivity index (χ0v) is 11.4. The molecule has 1 saturated carbocycles. The number of hydrogen-bond donors (Lipinski definition) is 2. The van der Waals surface area contributed by atoms with Crippen LogP contribution in [-0.4, -0.2) is 55.6 Å². The maximum atomic E-state index is 12.0. The number of nitrogens with two attached hydrogens (primary N) is 1. The summed E-state index contributed by atoms with van der Waals surface area (Å²) in [4.78, 5) is 25.4. The quantitative estimate of drug-likeness (QED) is 0.703. The van der Waals surface area contributed by atoms with Gasteiger partial charge in [-0.3, -0.25) is 9.59 Å². The van der Waals surface area contributed by atoms with E-state index in [1.54, 1.807) is 4.90 Å². The Kier molecular flexibility index (Phi) is 4.76. The molecule has 2 rings (SSSR count). The standard InChI is InChI=1S/C13H23N3O3/c1-19-8-11(14)13(18)16-6-4-10(5-7-16)15-12(17)9-2-3-9/h9-11H,2-8,14H2,1H3,(H,15,17). The number of carbonyl (C=O) groups is 2. The van der Waals surface area contributed by atoms with E-state index in [4.69, 9.17) is 10.5 Å². The van der Waals surface area contributed by atoms with Crippen molar-refractivity contribution in [3.63, 3.8) is 0 Å². The average Bonchev–Trinajstić information content (AvgIpc) is 3.23. The molecule has 0 aromatic carbocycles. The smallest absolute Gasteiger partial charge is 0.241 e. The summed E-state index contributed by atoms with van der Waals surface area (Å²) in [5.41, 5.74) is 5.74. The number of hydrogen-bond acceptors (Lipinski definition) is 4. The van der Waals surface area contributed by atoms with Gasteiger partial charge in [0.05, 0.1) is 6.61 Å². The van der Waals surface area contributed by atoms with E-state index in [0.717, 1.165) is 25.7 Å². The second-order valence-corrected chi connectivity index (χ2v) is 5.44. The summed E-state index contributed by atoms with van der Waals surface area (Å²) in [6, 6.07) is -0.376. The van der Waals surface area contributed by atoms with E-state index in [2.05, 4.69) is 5.32 Å². The summed E-state index contributed by atoms with van der Waals surface area (Å²) in [5, 5.41) is 3.06. The number of nitrogens with one attached hydrogen (secondary N) is 1. The van der Waals surface area contributed by atoms with Crippen molar-refractivity contribution in [3.05, 3.63) is 0 Å². The van der Waals surface area contributed by atoms with Crippen molar-refractivity contribution in [2.45, 2.75) is 37.8 Å². The summed E-state index contributed by atoms with van der Waals surface area (Å²) in [6.45, 7) is 1.56. The molecule has 1 heterocycles. The molecule has 1 aliphatic heterocycles. The Hall–Kier alpha value is -1.14. The lowest BCUT2D eigenvalue weighted by atomic mass is 10.0. The summed E-state index contributed by atoms with van der Waals surface area (Å²) in [5.74, 6) is 0.365. The highest BCUT2D eigenvalue weighted by atomic mass is 16.5. The Morgan fingerprint density at radius 2 is 1.95 bits per heavy atom. The number of likely N-dealkylation sites (tertiary alicyclic amines) is 1. The van der Waals surface area contributed by atoms with Gasteiger partial charge in [0.25, 0.3) is 0 Å². The van der Waals surface area contributed by atoms with Gasteiger partial charge in [-0.05, 0) is 25.7 Å². The predicted octanol–water partition coefficient (Wildman–Crippen LogP) is -0.523. The van der Waals surface area contributed by atoms with Crippen LogP contribution in [0.5, 0.6) is 0 Å². The van der Waals surface area contributed by atoms with Gasteiger partial charge in [-0.25, -0.2) is 0 Å². The monoisotopic (exact) mass is 269 g/mol. The van der Waals surface area contributed by atoms with Gasteiger partial charge in [-0.15, -0.1) is 0 Å². The summed E-state index contributed by atoms with van der Waals surface area (Å²) in [6.07, 6.45) is 3.66. The third-order valence-corrected chi connectivity index (χ3v) is 3.76. The SMILES string of the molecule is COCC(N)C(=O)N1CCC(NC(=O)C2CC2)CC1. The van der Waals surface area contributed by atoms with E-state index in [1.807, 2.05) is 0 Å². The van der Waals surface area contributed by atoms with Crippen LogP contribution in [0.1, 0.15) is 25.7 Å². The molecule has 1 aliphatic carbocycles. The van der Waals surface area contributed by atoms with Crippen LogP contribution in [0.25, 0.3) is 0 Å². The minimum absolute atomic E-state index is 0.0613. The lowest BCUT2D eigenvalue weighted by Crippen LogP contribution is -2.52. The highest BCUT2D eigenvalue weighted by molar-refractivity contribution is 5.82. The molecule has 0 spiro atoms. The first-order valence-electron chi connectivity index (χ1n) is 6.95. The van der Waals surface area contributed by atoms with Crippen molar-refractivity contribution in [1.82, 2.24) is 10.2 Å². The molecule has 6 heteroatoms. The topological polar surface area (TPSA) is 84.7 Å². The van der Waals surface area contributed by atoms with Gasteiger partial charge in [-0.2, -0.15) is 0 Å². The number of ether oxygens (including phenoxy) is 1. The van der Waals surface area contributed by atoms with Gasteiger partial charge < -0.3 is 20.7 Å². The van der Waals surface area contributed by atoms with Gasteiger partial charge in [-0.1, -0.05) is 0 Å². The second-order valence-electron chi connectivity index (χ2n) is 5.44. The van der Waals surface area contributed by atoms with Gasteiger partial charge in [0, 0.05) is 32.2 Å². The molecule has 0 aromatic heterocycles. The molecular weight excluding hydrogens is 246 g/mol. The molecular formula is C13H23N3O3. The van der Waals surface area contributed by atoms with Gasteiger partial charge in [0.1, 0.15) is 6.04 Å². The number of carbonyl (C=O) groups excluding carboxylic acids is 2. The first-order chi connectivity index (χ1) is 9.11. The van der Waals surface area contributed by atoms with Gasteiger partial charge in [0.2, 0.25) is 11.8 Å². The van der Waals surface area contributed by atoms with E-state index in [9.17, 15) is 9.59 Å². The van der Waals surface area contributed by atoms with Crippen LogP contribution in [0.2, 0.25) is 0 Å². The molecule has 2 aliphatic rings. The Morgan fingerprint density at radius 1 is 1.32 bits per heavy atom. The highest BCUT2D eigenvalue weighted by Gasteiger charge is 2.32. The minimum atomic E-state index is -0.581. The molecule has 0 bridgehead atoms. The van der Waals surface area contributed by atoms with Crippen LogP contribution in [-0.2, 0) is 14.3 Å². The molecule has 0 aromatic rings. The zero-order chi connectivity index (χ0) is 13.8. The highest BCUT2D eigenvalue weighted by Crippen LogP contribution is 2.29. The molecule has 1 atom stereocenters. The van der Waals surface area contributed by atoms with Crippen LogP contribution in [0.3, 0.4) is 0 Å². The predicted molar refractivity (Wildman–Crippen MR) is 70.3 cm³/mol. The number of rotatable bonds is 5. The maximum absolute atomic E-state index is 12.0. The first kappa shape index (κ1) is 14.3. The molecule has 2 amide bonds. The third kappa shape index (κ3) is 3.91. The van der Waals surface area contributed by atoms with E-state index in [-0.39, 0.29) is 30.4 Å². The Balaban J connectivity index is 1.72. The van der Waals surface area contributed by atoms with E-state index in [1.165, 1.54) is 7.11 Å². The Bertz CT molecular complexity index is 336. The Morgan fingerprint density at radius 3 is 2.47 bits per heavy atom. The lowest BCUT2D eigenvalue weighted by molar-refractivity contribution is -0.135. The number of nitrogens with zero attached hydrogens (tertiary/aromatic N) is 1. The lowest BCUT2D eigenvalue weighted by Gasteiger charge is -2.33. The molecule has 108 valence electrons. The average molecular weight is 269 g/mol. The molecule has 2 fully saturated rings. The van der Waals surface area contributed by atoms with Crippen molar-refractivity contribution < 1.29 is 14.3 Å². The normalized spacial score (nSPS) is 22.1. The van der Waals surface area contributed by atoms with Crippen LogP contribution in [0.15, 0.2) is 0 Å². The van der Waals surface area contributed by atoms with Crippen molar-refractivity contribution in [3.8, 4) is 0 Å². The number of amides is 2. The third-order valence-electron chi connectivity index (χ3n) is 3.76. The first-order valence-corrected chi connectivity index (χ1v) is 6.95. The molecule has 1 saturated heterocycles. The molecule has 0 radical (unpaired) electrons. The molecule has 1 unspecified atom stereocenters. The Labute approximate surface area is 113 Å². The van der Waals surface area contributed by atoms with Crippen LogP contribution in [0, 0.1) is 5.92 Å². The maximum Gasteiger partial charge on any atom is 0.241 e. The van der Waals surface area contributed by atoms with E-state index < -0.39 is 6.04 Å². The molecule has 19 heavy (non-hydrogen) atoms. The van der Waals surface area contributed by atoms with Crippen molar-refractivity contribution >= 4 is 11.8 Å². The van der Waals surface area contributed by atoms with E-state index >= 15 is 0 Å². The fourth-order valence-corrected chi connectivity index (χ4v) is 2.39. The van der Waals surface area contributed by atoms with Crippen molar-refractivity contribution in [2.75, 3.05) is 26.8 Å². The van der Waals surface area contributed by atoms with Crippen LogP contribution >= 0.6 is 0 Å². The van der Waals surface area contributed by atoms with Crippen molar-refractivity contribution in [1.29, 1.82) is 0 Å². The summed E-state index contributed by atoms with van der Waals surface area (Å²) < 4.78 is 4.89. The fraction of sp³-hybridized carbons (Fsp3) is 0.846. The van der Waals surface area contributed by atoms with Gasteiger partial charge in [0.15, 0.2) is 0 Å². The zero-order valence-electron chi connectivity index (χ0n) is 11.4. The second kappa shape index (κ2) is 6.34. The molecule has 6 nitrogen and oxygen atoms in total. The van der Waals surface area contributed by atoms with E-state index in [0.29, 0.717) is 13.1 Å². The summed E-state index contributed by atoms with van der Waals surface area (Å²) >= 11 is 0. The van der Waals surface area contributed by atoms with Crippen molar-refractivity contribution in [2.24, 2.45) is 11.7 Å². The van der Waals surface area contributed by atoms with Crippen LogP contribution in [0.4, 0.5) is 0 Å². The largest absolute Gasteiger partial charge is 0.383 e. The molecule has 3 N–H and O–H groups in total. The number of piperidine rings is 1. The minimum Gasteiger partial charge on any atom is -0.383 e.